The second-order valence-electron chi connectivity index (χ2n) is 7.62. The Morgan fingerprint density at radius 1 is 1.14 bits per heavy atom. The lowest BCUT2D eigenvalue weighted by Crippen LogP contribution is -2.65. The molecule has 1 spiro atoms. The average molecular weight is 319 g/mol. The molecule has 0 radical (unpaired) electrons. The molecular weight excluding hydrogens is 299 g/mol. The Morgan fingerprint density at radius 2 is 1.64 bits per heavy atom. The van der Waals surface area contributed by atoms with E-state index >= 15 is 0 Å². The minimum absolute atomic E-state index is 0.0713. The van der Waals surface area contributed by atoms with Gasteiger partial charge in [0.15, 0.2) is 0 Å². The first kappa shape index (κ1) is 14.6. The zero-order chi connectivity index (χ0) is 15.9. The molecule has 5 nitrogen and oxygen atoms in total. The molecule has 5 rings (SSSR count). The third-order valence-electron chi connectivity index (χ3n) is 6.50. The van der Waals surface area contributed by atoms with E-state index in [0.29, 0.717) is 11.8 Å². The number of nitrogens with zero attached hydrogens (tertiary/aromatic N) is 1. The van der Waals surface area contributed by atoms with Gasteiger partial charge in [-0.25, -0.2) is 15.2 Å². The monoisotopic (exact) mass is 319 g/mol. The van der Waals surface area contributed by atoms with Gasteiger partial charge < -0.3 is 10.8 Å². The number of carbonyl (C=O) groups excluding carboxylic acids is 1. The number of carbonyl (C=O) groups is 1. The van der Waals surface area contributed by atoms with Crippen LogP contribution in [0.4, 0.5) is 18.0 Å². The Balaban J connectivity index is 1.74. The minimum Gasteiger partial charge on any atom is -0.362 e. The largest absolute Gasteiger partial charge is 0.438 e. The van der Waals surface area contributed by atoms with E-state index in [4.69, 9.17) is 5.73 Å². The third-order valence-corrected chi connectivity index (χ3v) is 6.50. The molecule has 0 aromatic rings. The molecule has 1 aliphatic heterocycles. The molecule has 1 saturated heterocycles. The van der Waals surface area contributed by atoms with Gasteiger partial charge in [-0.2, -0.15) is 13.2 Å². The van der Waals surface area contributed by atoms with Crippen LogP contribution < -0.4 is 11.2 Å². The molecular formula is C14H20F3N3O2. The molecule has 4 aliphatic carbocycles. The molecule has 8 heteroatoms. The van der Waals surface area contributed by atoms with Crippen LogP contribution in [0.5, 0.6) is 0 Å². The lowest BCUT2D eigenvalue weighted by Gasteiger charge is -2.59. The van der Waals surface area contributed by atoms with Gasteiger partial charge in [0.25, 0.3) is 5.72 Å². The number of hydrogen-bond donors (Lipinski definition) is 3. The van der Waals surface area contributed by atoms with Gasteiger partial charge in [0.1, 0.15) is 0 Å². The summed E-state index contributed by atoms with van der Waals surface area (Å²) in [6.45, 7) is 0. The maximum atomic E-state index is 13.4. The van der Waals surface area contributed by atoms with Crippen LogP contribution in [0, 0.1) is 23.7 Å². The number of alkyl halides is 3. The summed E-state index contributed by atoms with van der Waals surface area (Å²) in [5.74, 6) is 1.30. The lowest BCUT2D eigenvalue weighted by atomic mass is 9.48. The molecule has 4 bridgehead atoms. The Morgan fingerprint density at radius 3 is 2.00 bits per heavy atom. The van der Waals surface area contributed by atoms with Crippen molar-refractivity contribution in [1.82, 2.24) is 10.4 Å². The van der Waals surface area contributed by atoms with Crippen LogP contribution in [0.3, 0.4) is 0 Å². The highest BCUT2D eigenvalue weighted by Gasteiger charge is 2.72. The molecule has 0 aromatic carbocycles. The molecule has 4 N–H and O–H groups in total. The second kappa shape index (κ2) is 4.08. The zero-order valence-corrected chi connectivity index (χ0v) is 12.1. The fourth-order valence-corrected chi connectivity index (χ4v) is 5.79. The number of primary amides is 1. The van der Waals surface area contributed by atoms with Gasteiger partial charge in [-0.1, -0.05) is 0 Å². The number of amides is 2. The van der Waals surface area contributed by atoms with Crippen molar-refractivity contribution in [2.24, 2.45) is 29.4 Å². The van der Waals surface area contributed by atoms with Crippen molar-refractivity contribution in [3.05, 3.63) is 0 Å². The fraction of sp³-hybridized carbons (Fsp3) is 0.929. The second-order valence-corrected chi connectivity index (χ2v) is 7.62. The van der Waals surface area contributed by atoms with Crippen molar-refractivity contribution in [1.29, 1.82) is 0 Å². The van der Waals surface area contributed by atoms with Gasteiger partial charge >= 0.3 is 12.2 Å². The van der Waals surface area contributed by atoms with Gasteiger partial charge in [0.05, 0.1) is 0 Å². The Bertz CT molecular complexity index is 496. The van der Waals surface area contributed by atoms with Crippen LogP contribution in [0.25, 0.3) is 0 Å². The molecule has 5 aliphatic rings. The highest BCUT2D eigenvalue weighted by Crippen LogP contribution is 2.63. The average Bonchev–Trinajstić information content (AvgIpc) is 2.71. The maximum absolute atomic E-state index is 13.4. The van der Waals surface area contributed by atoms with Crippen LogP contribution >= 0.6 is 0 Å². The van der Waals surface area contributed by atoms with E-state index in [9.17, 15) is 23.1 Å². The standard InChI is InChI=1S/C14H20F3N3O2/c15-14(16,17)13(22)6-12(19-20(13)11(18)21)9-2-7-1-8(4-9)5-10(12)3-7/h7-10,19,22H,1-6H2,(H2,18,21)/t7?,8?,9?,10?,12?,13-/m0/s1. The van der Waals surface area contributed by atoms with Crippen LogP contribution in [-0.4, -0.2) is 33.6 Å². The van der Waals surface area contributed by atoms with E-state index in [1.54, 1.807) is 0 Å². The number of aliphatic hydroxyl groups is 1. The summed E-state index contributed by atoms with van der Waals surface area (Å²) in [4.78, 5) is 11.5. The van der Waals surface area contributed by atoms with Crippen LogP contribution in [0.2, 0.25) is 0 Å². The van der Waals surface area contributed by atoms with Gasteiger partial charge in [-0.05, 0) is 55.8 Å². The fourth-order valence-electron chi connectivity index (χ4n) is 5.79. The van der Waals surface area contributed by atoms with Gasteiger partial charge in [-0.15, -0.1) is 0 Å². The number of urea groups is 1. The van der Waals surface area contributed by atoms with Crippen molar-refractivity contribution in [3.8, 4) is 0 Å². The van der Waals surface area contributed by atoms with Crippen molar-refractivity contribution in [2.45, 2.75) is 56.0 Å². The zero-order valence-electron chi connectivity index (χ0n) is 12.1. The normalized spacial score (nSPS) is 50.1. The first-order valence-corrected chi connectivity index (χ1v) is 7.82. The molecule has 0 aromatic heterocycles. The molecule has 0 unspecified atom stereocenters. The Labute approximate surface area is 126 Å². The smallest absolute Gasteiger partial charge is 0.362 e. The number of rotatable bonds is 0. The van der Waals surface area contributed by atoms with Gasteiger partial charge in [-0.3, -0.25) is 0 Å². The first-order valence-electron chi connectivity index (χ1n) is 7.82. The van der Waals surface area contributed by atoms with Crippen LogP contribution in [0.1, 0.15) is 38.5 Å². The van der Waals surface area contributed by atoms with Crippen LogP contribution in [0.15, 0.2) is 0 Å². The number of halogens is 3. The maximum Gasteiger partial charge on any atom is 0.438 e. The van der Waals surface area contributed by atoms with Gasteiger partial charge in [0, 0.05) is 12.0 Å². The SMILES string of the molecule is NC(=O)N1NC2(C[C@]1(O)C(F)(F)F)C1CC3CC(C1)CC2C3. The number of nitrogens with two attached hydrogens (primary N) is 1. The summed E-state index contributed by atoms with van der Waals surface area (Å²) in [5.41, 5.74) is 3.78. The quantitative estimate of drug-likeness (QED) is 0.636. The Kier molecular flexibility index (Phi) is 2.70. The summed E-state index contributed by atoms with van der Waals surface area (Å²) >= 11 is 0. The molecule has 22 heavy (non-hydrogen) atoms. The summed E-state index contributed by atoms with van der Waals surface area (Å²) < 4.78 is 40.2. The summed E-state index contributed by atoms with van der Waals surface area (Å²) in [5, 5.41) is 10.5. The van der Waals surface area contributed by atoms with Crippen molar-refractivity contribution in [3.63, 3.8) is 0 Å². The highest BCUT2D eigenvalue weighted by atomic mass is 19.4. The molecule has 5 fully saturated rings. The summed E-state index contributed by atoms with van der Waals surface area (Å²) in [6, 6.07) is -1.29. The van der Waals surface area contributed by atoms with Crippen molar-refractivity contribution in [2.75, 3.05) is 0 Å². The van der Waals surface area contributed by atoms with E-state index < -0.39 is 29.9 Å². The van der Waals surface area contributed by atoms with Crippen molar-refractivity contribution < 1.29 is 23.1 Å². The minimum atomic E-state index is -4.94. The molecule has 124 valence electrons. The first-order chi connectivity index (χ1) is 10.2. The number of nitrogens with one attached hydrogen (secondary N) is 1. The van der Waals surface area contributed by atoms with E-state index in [1.165, 1.54) is 6.42 Å². The Hall–Kier alpha value is -1.02. The summed E-state index contributed by atoms with van der Waals surface area (Å²) in [7, 11) is 0. The molecule has 4 saturated carbocycles. The molecule has 1 heterocycles. The van der Waals surface area contributed by atoms with Gasteiger partial charge in [0.2, 0.25) is 0 Å². The van der Waals surface area contributed by atoms with Crippen LogP contribution in [-0.2, 0) is 0 Å². The predicted molar refractivity (Wildman–Crippen MR) is 70.0 cm³/mol. The summed E-state index contributed by atoms with van der Waals surface area (Å²) in [6.07, 6.45) is -0.775. The van der Waals surface area contributed by atoms with E-state index in [0.717, 1.165) is 25.7 Å². The van der Waals surface area contributed by atoms with E-state index in [2.05, 4.69) is 5.43 Å². The predicted octanol–water partition coefficient (Wildman–Crippen LogP) is 1.72. The lowest BCUT2D eigenvalue weighted by molar-refractivity contribution is -0.299. The molecule has 1 atom stereocenters. The number of hydrogen-bond acceptors (Lipinski definition) is 3. The highest BCUT2D eigenvalue weighted by molar-refractivity contribution is 5.73. The number of hydrazine groups is 1. The topological polar surface area (TPSA) is 78.6 Å². The van der Waals surface area contributed by atoms with Crippen molar-refractivity contribution >= 4 is 6.03 Å². The van der Waals surface area contributed by atoms with E-state index in [-0.39, 0.29) is 16.8 Å². The molecule has 2 amide bonds. The van der Waals surface area contributed by atoms with E-state index in [1.807, 2.05) is 0 Å². The third kappa shape index (κ3) is 1.65.